The van der Waals surface area contributed by atoms with E-state index in [4.69, 9.17) is 4.74 Å². The molecule has 2 aromatic rings. The van der Waals surface area contributed by atoms with Crippen LogP contribution in [-0.2, 0) is 22.5 Å². The van der Waals surface area contributed by atoms with Crippen LogP contribution in [0.15, 0.2) is 11.1 Å². The fourth-order valence-electron chi connectivity index (χ4n) is 2.10. The molecule has 0 atom stereocenters. The second-order valence-corrected chi connectivity index (χ2v) is 5.88. The summed E-state index contributed by atoms with van der Waals surface area (Å²) in [6.07, 6.45) is 2.02. The minimum atomic E-state index is -0.583. The van der Waals surface area contributed by atoms with Gasteiger partial charge in [0.2, 0.25) is 0 Å². The standard InChI is InChI=1S/C14H20N4O3/c1-6-10-16-9(2)12-13(20)17(8-15-18(10)12)7-11(19)21-14(3,4)5/h8H,6-7H2,1-5H3. The maximum absolute atomic E-state index is 12.4. The molecule has 0 amide bonds. The molecule has 0 saturated heterocycles. The number of hydrogen-bond donors (Lipinski definition) is 0. The summed E-state index contributed by atoms with van der Waals surface area (Å²) in [6.45, 7) is 8.89. The average molecular weight is 292 g/mol. The molecule has 7 nitrogen and oxygen atoms in total. The van der Waals surface area contributed by atoms with E-state index in [1.165, 1.54) is 15.4 Å². The van der Waals surface area contributed by atoms with Gasteiger partial charge in [0.25, 0.3) is 5.56 Å². The molecule has 0 aliphatic carbocycles. The van der Waals surface area contributed by atoms with Gasteiger partial charge in [-0.2, -0.15) is 5.10 Å². The first-order valence-corrected chi connectivity index (χ1v) is 6.88. The van der Waals surface area contributed by atoms with Gasteiger partial charge >= 0.3 is 5.97 Å². The van der Waals surface area contributed by atoms with Crippen molar-refractivity contribution in [3.8, 4) is 0 Å². The molecule has 21 heavy (non-hydrogen) atoms. The highest BCUT2D eigenvalue weighted by Crippen LogP contribution is 2.09. The summed E-state index contributed by atoms with van der Waals surface area (Å²) in [5.41, 5.74) is 0.140. The van der Waals surface area contributed by atoms with Gasteiger partial charge in [-0.1, -0.05) is 6.92 Å². The number of hydrogen-bond acceptors (Lipinski definition) is 5. The topological polar surface area (TPSA) is 78.5 Å². The van der Waals surface area contributed by atoms with Gasteiger partial charge < -0.3 is 4.74 Å². The van der Waals surface area contributed by atoms with Crippen molar-refractivity contribution >= 4 is 11.5 Å². The Morgan fingerprint density at radius 1 is 1.38 bits per heavy atom. The number of imidazole rings is 1. The van der Waals surface area contributed by atoms with Gasteiger partial charge in [-0.15, -0.1) is 0 Å². The lowest BCUT2D eigenvalue weighted by Gasteiger charge is -2.19. The Morgan fingerprint density at radius 2 is 2.05 bits per heavy atom. The Labute approximate surface area is 122 Å². The van der Waals surface area contributed by atoms with Crippen molar-refractivity contribution in [1.29, 1.82) is 0 Å². The molecule has 0 aromatic carbocycles. The Bertz CT molecular complexity index is 737. The maximum Gasteiger partial charge on any atom is 0.326 e. The first-order valence-electron chi connectivity index (χ1n) is 6.88. The first kappa shape index (κ1) is 15.2. The van der Waals surface area contributed by atoms with Crippen LogP contribution >= 0.6 is 0 Å². The zero-order valence-corrected chi connectivity index (χ0v) is 13.0. The number of nitrogens with zero attached hydrogens (tertiary/aromatic N) is 4. The smallest absolute Gasteiger partial charge is 0.326 e. The van der Waals surface area contributed by atoms with Crippen molar-refractivity contribution in [3.05, 3.63) is 28.2 Å². The van der Waals surface area contributed by atoms with Crippen LogP contribution in [0.5, 0.6) is 0 Å². The van der Waals surface area contributed by atoms with Gasteiger partial charge in [0, 0.05) is 6.42 Å². The van der Waals surface area contributed by atoms with Gasteiger partial charge in [0.1, 0.15) is 24.3 Å². The minimum absolute atomic E-state index is 0.161. The van der Waals surface area contributed by atoms with E-state index >= 15 is 0 Å². The van der Waals surface area contributed by atoms with Crippen LogP contribution < -0.4 is 5.56 Å². The summed E-state index contributed by atoms with van der Waals surface area (Å²) in [5, 5.41) is 4.19. The van der Waals surface area contributed by atoms with Crippen molar-refractivity contribution in [3.63, 3.8) is 0 Å². The van der Waals surface area contributed by atoms with Crippen molar-refractivity contribution in [2.45, 2.75) is 53.2 Å². The van der Waals surface area contributed by atoms with Crippen LogP contribution in [0.2, 0.25) is 0 Å². The van der Waals surface area contributed by atoms with Gasteiger partial charge in [-0.05, 0) is 27.7 Å². The Balaban J connectivity index is 2.39. The lowest BCUT2D eigenvalue weighted by molar-refractivity contribution is -0.155. The quantitative estimate of drug-likeness (QED) is 0.792. The number of rotatable bonds is 3. The SMILES string of the molecule is CCc1nc(C)c2c(=O)n(CC(=O)OC(C)(C)C)cnn12. The lowest BCUT2D eigenvalue weighted by Crippen LogP contribution is -2.31. The number of carbonyl (C=O) groups excluding carboxylic acids is 1. The molecular weight excluding hydrogens is 272 g/mol. The predicted molar refractivity (Wildman–Crippen MR) is 77.2 cm³/mol. The molecule has 0 aliphatic rings. The second-order valence-electron chi connectivity index (χ2n) is 5.88. The summed E-state index contributed by atoms with van der Waals surface area (Å²) in [4.78, 5) is 28.6. The highest BCUT2D eigenvalue weighted by Gasteiger charge is 2.19. The molecule has 0 spiro atoms. The Hall–Kier alpha value is -2.18. The first-order chi connectivity index (χ1) is 9.73. The van der Waals surface area contributed by atoms with Gasteiger partial charge in [0.15, 0.2) is 5.52 Å². The summed E-state index contributed by atoms with van der Waals surface area (Å²) in [7, 11) is 0. The third-order valence-electron chi connectivity index (χ3n) is 2.90. The van der Waals surface area contributed by atoms with Crippen LogP contribution in [-0.4, -0.2) is 30.7 Å². The summed E-state index contributed by atoms with van der Waals surface area (Å²) in [5.74, 6) is 0.257. The third-order valence-corrected chi connectivity index (χ3v) is 2.90. The molecule has 0 saturated carbocycles. The number of ether oxygens (including phenoxy) is 1. The van der Waals surface area contributed by atoms with E-state index in [1.807, 2.05) is 6.92 Å². The van der Waals surface area contributed by atoms with Crippen LogP contribution in [0.3, 0.4) is 0 Å². The summed E-state index contributed by atoms with van der Waals surface area (Å²) >= 11 is 0. The molecule has 114 valence electrons. The van der Waals surface area contributed by atoms with Crippen LogP contribution in [0, 0.1) is 6.92 Å². The van der Waals surface area contributed by atoms with E-state index in [-0.39, 0.29) is 12.1 Å². The number of esters is 1. The van der Waals surface area contributed by atoms with Gasteiger partial charge in [0.05, 0.1) is 5.69 Å². The van der Waals surface area contributed by atoms with Crippen LogP contribution in [0.1, 0.15) is 39.2 Å². The number of fused-ring (bicyclic) bond motifs is 1. The zero-order chi connectivity index (χ0) is 15.8. The molecular formula is C14H20N4O3. The normalized spacial score (nSPS) is 11.9. The molecule has 7 heteroatoms. The molecule has 0 aliphatic heterocycles. The summed E-state index contributed by atoms with van der Waals surface area (Å²) in [6, 6.07) is 0. The fraction of sp³-hybridized carbons (Fsp3) is 0.571. The van der Waals surface area contributed by atoms with Gasteiger partial charge in [-0.25, -0.2) is 9.50 Å². The van der Waals surface area contributed by atoms with E-state index < -0.39 is 11.6 Å². The Kier molecular flexibility index (Phi) is 3.85. The predicted octanol–water partition coefficient (Wildman–Crippen LogP) is 1.10. The van der Waals surface area contributed by atoms with E-state index in [9.17, 15) is 9.59 Å². The van der Waals surface area contributed by atoms with Gasteiger partial charge in [-0.3, -0.25) is 14.2 Å². The molecule has 0 unspecified atom stereocenters. The lowest BCUT2D eigenvalue weighted by atomic mass is 10.2. The monoisotopic (exact) mass is 292 g/mol. The molecule has 0 radical (unpaired) electrons. The van der Waals surface area contributed by atoms with Crippen LogP contribution in [0.4, 0.5) is 0 Å². The number of aryl methyl sites for hydroxylation is 2. The molecule has 0 N–H and O–H groups in total. The van der Waals surface area contributed by atoms with Crippen molar-refractivity contribution in [2.75, 3.05) is 0 Å². The van der Waals surface area contributed by atoms with Crippen molar-refractivity contribution in [1.82, 2.24) is 19.2 Å². The van der Waals surface area contributed by atoms with E-state index in [0.717, 1.165) is 5.82 Å². The second kappa shape index (κ2) is 5.31. The van der Waals surface area contributed by atoms with Crippen LogP contribution in [0.25, 0.3) is 5.52 Å². The van der Waals surface area contributed by atoms with Crippen molar-refractivity contribution in [2.24, 2.45) is 0 Å². The molecule has 0 bridgehead atoms. The largest absolute Gasteiger partial charge is 0.459 e. The average Bonchev–Trinajstić information content (AvgIpc) is 2.68. The summed E-state index contributed by atoms with van der Waals surface area (Å²) < 4.78 is 8.00. The third kappa shape index (κ3) is 3.12. The number of carbonyl (C=O) groups is 1. The zero-order valence-electron chi connectivity index (χ0n) is 13.0. The Morgan fingerprint density at radius 3 is 2.62 bits per heavy atom. The molecule has 2 aromatic heterocycles. The van der Waals surface area contributed by atoms with E-state index in [1.54, 1.807) is 27.7 Å². The fourth-order valence-corrected chi connectivity index (χ4v) is 2.10. The minimum Gasteiger partial charge on any atom is -0.459 e. The molecule has 2 heterocycles. The van der Waals surface area contributed by atoms with E-state index in [2.05, 4.69) is 10.1 Å². The van der Waals surface area contributed by atoms with Crippen molar-refractivity contribution < 1.29 is 9.53 Å². The maximum atomic E-state index is 12.4. The molecule has 2 rings (SSSR count). The van der Waals surface area contributed by atoms with E-state index in [0.29, 0.717) is 17.6 Å². The highest BCUT2D eigenvalue weighted by atomic mass is 16.6. The highest BCUT2D eigenvalue weighted by molar-refractivity contribution is 5.69. The molecule has 0 fully saturated rings. The number of aromatic nitrogens is 4.